The molecule has 0 saturated carbocycles. The molecule has 0 aliphatic carbocycles. The summed E-state index contributed by atoms with van der Waals surface area (Å²) in [5.41, 5.74) is 0.184. The first-order valence-electron chi connectivity index (χ1n) is 9.72. The van der Waals surface area contributed by atoms with Crippen molar-refractivity contribution in [2.24, 2.45) is 5.92 Å². The minimum Gasteiger partial charge on any atom is -0.496 e. The van der Waals surface area contributed by atoms with Gasteiger partial charge in [0, 0.05) is 24.1 Å². The predicted molar refractivity (Wildman–Crippen MR) is 117 cm³/mol. The highest BCUT2D eigenvalue weighted by Crippen LogP contribution is 2.31. The maximum Gasteiger partial charge on any atom is 0.341 e. The molecule has 31 heavy (non-hydrogen) atoms. The van der Waals surface area contributed by atoms with Gasteiger partial charge >= 0.3 is 5.97 Å². The molecule has 1 atom stereocenters. The summed E-state index contributed by atoms with van der Waals surface area (Å²) < 4.78 is 21.5. The van der Waals surface area contributed by atoms with Crippen LogP contribution in [0.5, 0.6) is 5.75 Å². The lowest BCUT2D eigenvalue weighted by atomic mass is 9.98. The van der Waals surface area contributed by atoms with Gasteiger partial charge in [0.1, 0.15) is 17.1 Å². The second-order valence-electron chi connectivity index (χ2n) is 7.65. The van der Waals surface area contributed by atoms with Crippen LogP contribution in [-0.4, -0.2) is 34.5 Å². The van der Waals surface area contributed by atoms with E-state index >= 15 is 0 Å². The molecule has 0 aliphatic rings. The molecule has 1 heterocycles. The summed E-state index contributed by atoms with van der Waals surface area (Å²) >= 11 is 5.88. The molecule has 0 spiro atoms. The largest absolute Gasteiger partial charge is 0.496 e. The summed E-state index contributed by atoms with van der Waals surface area (Å²) in [7, 11) is 1.46. The number of hydrogen-bond donors (Lipinski definition) is 2. The molecular formula is C23H23ClFNO5. The quantitative estimate of drug-likeness (QED) is 0.564. The van der Waals surface area contributed by atoms with Crippen LogP contribution >= 0.6 is 11.6 Å². The fourth-order valence-electron chi connectivity index (χ4n) is 3.69. The zero-order valence-electron chi connectivity index (χ0n) is 17.4. The minimum absolute atomic E-state index is 0.0181. The molecule has 0 fully saturated rings. The van der Waals surface area contributed by atoms with E-state index in [9.17, 15) is 24.2 Å². The highest BCUT2D eigenvalue weighted by Gasteiger charge is 2.23. The first-order chi connectivity index (χ1) is 14.7. The van der Waals surface area contributed by atoms with E-state index in [0.717, 1.165) is 0 Å². The number of nitrogens with zero attached hydrogens (tertiary/aromatic N) is 1. The number of aliphatic hydroxyl groups excluding tert-OH is 1. The van der Waals surface area contributed by atoms with Crippen LogP contribution in [0.3, 0.4) is 0 Å². The number of carboxylic acids is 1. The number of ether oxygens (including phenoxy) is 1. The molecule has 6 nitrogen and oxygen atoms in total. The number of methoxy groups -OCH3 is 1. The van der Waals surface area contributed by atoms with E-state index in [4.69, 9.17) is 16.3 Å². The van der Waals surface area contributed by atoms with E-state index in [1.54, 1.807) is 22.8 Å². The number of carbonyl (C=O) groups is 1. The SMILES string of the molecule is COc1cc2c(cc1Cc1cccc(Cl)c1F)c(=O)c(C(=O)O)cn2[C@@H](CO)C(C)C. The highest BCUT2D eigenvalue weighted by atomic mass is 35.5. The van der Waals surface area contributed by atoms with E-state index < -0.39 is 28.8 Å². The van der Waals surface area contributed by atoms with Gasteiger partial charge in [-0.05, 0) is 29.2 Å². The number of benzene rings is 2. The smallest absolute Gasteiger partial charge is 0.341 e. The van der Waals surface area contributed by atoms with E-state index in [1.165, 1.54) is 25.4 Å². The van der Waals surface area contributed by atoms with Crippen LogP contribution in [0.1, 0.15) is 41.4 Å². The predicted octanol–water partition coefficient (Wildman–Crippen LogP) is 4.28. The number of halogens is 2. The van der Waals surface area contributed by atoms with E-state index in [0.29, 0.717) is 22.4 Å². The lowest BCUT2D eigenvalue weighted by Crippen LogP contribution is -2.25. The van der Waals surface area contributed by atoms with E-state index in [2.05, 4.69) is 0 Å². The molecular weight excluding hydrogens is 425 g/mol. The van der Waals surface area contributed by atoms with Gasteiger partial charge in [0.05, 0.1) is 30.3 Å². The molecule has 0 aliphatic heterocycles. The van der Waals surface area contributed by atoms with Gasteiger partial charge in [-0.15, -0.1) is 0 Å². The molecule has 2 aromatic carbocycles. The topological polar surface area (TPSA) is 88.8 Å². The Bertz CT molecular complexity index is 1200. The lowest BCUT2D eigenvalue weighted by Gasteiger charge is -2.25. The second-order valence-corrected chi connectivity index (χ2v) is 8.06. The molecule has 3 rings (SSSR count). The summed E-state index contributed by atoms with van der Waals surface area (Å²) in [5, 5.41) is 19.6. The standard InChI is InChI=1S/C23H23ClFNO5/c1-12(2)19(11-27)26-10-16(23(29)30)22(28)15-8-14(20(31-3)9-18(15)26)7-13-5-4-6-17(24)21(13)25/h4-6,8-10,12,19,27H,7,11H2,1-3H3,(H,29,30)/t19-/m0/s1. The Kier molecular flexibility index (Phi) is 6.67. The Morgan fingerprint density at radius 3 is 2.55 bits per heavy atom. The molecule has 164 valence electrons. The first-order valence-corrected chi connectivity index (χ1v) is 10.1. The number of aromatic carboxylic acids is 1. The van der Waals surface area contributed by atoms with Crippen molar-refractivity contribution in [2.75, 3.05) is 13.7 Å². The molecule has 1 aromatic heterocycles. The average molecular weight is 448 g/mol. The van der Waals surface area contributed by atoms with Gasteiger partial charge in [-0.2, -0.15) is 0 Å². The fraction of sp³-hybridized carbons (Fsp3) is 0.304. The van der Waals surface area contributed by atoms with Crippen LogP contribution in [-0.2, 0) is 6.42 Å². The molecule has 2 N–H and O–H groups in total. The first kappa shape index (κ1) is 22.8. The van der Waals surface area contributed by atoms with Gasteiger partial charge in [-0.25, -0.2) is 9.18 Å². The Hall–Kier alpha value is -2.90. The molecule has 0 saturated heterocycles. The Labute approximate surface area is 183 Å². The van der Waals surface area contributed by atoms with Gasteiger partial charge < -0.3 is 19.5 Å². The Morgan fingerprint density at radius 2 is 1.97 bits per heavy atom. The fourth-order valence-corrected chi connectivity index (χ4v) is 3.88. The number of carboxylic acid groups (broad SMARTS) is 1. The third-order valence-electron chi connectivity index (χ3n) is 5.39. The number of pyridine rings is 1. The Morgan fingerprint density at radius 1 is 1.26 bits per heavy atom. The highest BCUT2D eigenvalue weighted by molar-refractivity contribution is 6.30. The number of fused-ring (bicyclic) bond motifs is 1. The van der Waals surface area contributed by atoms with E-state index in [-0.39, 0.29) is 29.4 Å². The Balaban J connectivity index is 2.32. The summed E-state index contributed by atoms with van der Waals surface area (Å²) in [6.07, 6.45) is 1.35. The van der Waals surface area contributed by atoms with Crippen LogP contribution < -0.4 is 10.2 Å². The van der Waals surface area contributed by atoms with Crippen molar-refractivity contribution in [3.63, 3.8) is 0 Å². The van der Waals surface area contributed by atoms with Gasteiger partial charge in [0.25, 0.3) is 0 Å². The third-order valence-corrected chi connectivity index (χ3v) is 5.68. The molecule has 0 amide bonds. The van der Waals surface area contributed by atoms with Gasteiger partial charge in [-0.3, -0.25) is 4.79 Å². The van der Waals surface area contributed by atoms with E-state index in [1.807, 2.05) is 13.8 Å². The molecule has 0 unspecified atom stereocenters. The maximum atomic E-state index is 14.4. The zero-order valence-corrected chi connectivity index (χ0v) is 18.1. The molecule has 3 aromatic rings. The summed E-state index contributed by atoms with van der Waals surface area (Å²) in [5.74, 6) is -1.56. The zero-order chi connectivity index (χ0) is 22.9. The van der Waals surface area contributed by atoms with Crippen molar-refractivity contribution >= 4 is 28.5 Å². The van der Waals surface area contributed by atoms with Gasteiger partial charge in [0.15, 0.2) is 0 Å². The second kappa shape index (κ2) is 9.08. The summed E-state index contributed by atoms with van der Waals surface area (Å²) in [4.78, 5) is 24.7. The number of hydrogen-bond acceptors (Lipinski definition) is 4. The lowest BCUT2D eigenvalue weighted by molar-refractivity contribution is 0.0694. The molecule has 8 heteroatoms. The summed E-state index contributed by atoms with van der Waals surface area (Å²) in [6.45, 7) is 3.53. The van der Waals surface area contributed by atoms with Crippen LogP contribution in [0, 0.1) is 11.7 Å². The van der Waals surface area contributed by atoms with Crippen molar-refractivity contribution in [3.8, 4) is 5.75 Å². The van der Waals surface area contributed by atoms with Gasteiger partial charge in [0.2, 0.25) is 5.43 Å². The van der Waals surface area contributed by atoms with Crippen molar-refractivity contribution < 1.29 is 24.1 Å². The van der Waals surface area contributed by atoms with Crippen LogP contribution in [0.15, 0.2) is 41.3 Å². The van der Waals surface area contributed by atoms with Crippen LogP contribution in [0.25, 0.3) is 10.9 Å². The van der Waals surface area contributed by atoms with Crippen molar-refractivity contribution in [1.29, 1.82) is 0 Å². The maximum absolute atomic E-state index is 14.4. The van der Waals surface area contributed by atoms with Crippen LogP contribution in [0.4, 0.5) is 4.39 Å². The van der Waals surface area contributed by atoms with Crippen LogP contribution in [0.2, 0.25) is 5.02 Å². The van der Waals surface area contributed by atoms with Crippen molar-refractivity contribution in [1.82, 2.24) is 4.57 Å². The number of rotatable bonds is 7. The minimum atomic E-state index is -1.36. The molecule has 0 bridgehead atoms. The van der Waals surface area contributed by atoms with Gasteiger partial charge in [-0.1, -0.05) is 37.6 Å². The number of aliphatic hydroxyl groups is 1. The monoisotopic (exact) mass is 447 g/mol. The average Bonchev–Trinajstić information content (AvgIpc) is 2.72. The van der Waals surface area contributed by atoms with Crippen molar-refractivity contribution in [2.45, 2.75) is 26.3 Å². The normalized spacial score (nSPS) is 12.4. The summed E-state index contributed by atoms with van der Waals surface area (Å²) in [6, 6.07) is 7.33. The van der Waals surface area contributed by atoms with Crippen molar-refractivity contribution in [3.05, 3.63) is 74.3 Å². The number of aromatic nitrogens is 1. The third kappa shape index (κ3) is 4.29. The molecule has 0 radical (unpaired) electrons.